The molecule has 0 aromatic heterocycles. The van der Waals surface area contributed by atoms with Crippen molar-refractivity contribution in [2.45, 2.75) is 77.6 Å². The summed E-state index contributed by atoms with van der Waals surface area (Å²) in [6, 6.07) is 15.6. The molecule has 2 fully saturated rings. The average molecular weight is 605 g/mol. The van der Waals surface area contributed by atoms with Crippen molar-refractivity contribution in [2.24, 2.45) is 4.99 Å². The van der Waals surface area contributed by atoms with Gasteiger partial charge in [-0.15, -0.1) is 0 Å². The third-order valence-electron chi connectivity index (χ3n) is 8.33. The number of aryl methyl sites for hydroxylation is 1. The van der Waals surface area contributed by atoms with Crippen molar-refractivity contribution in [3.05, 3.63) is 69.6 Å². The monoisotopic (exact) mass is 604 g/mol. The zero-order chi connectivity index (χ0) is 31.7. The maximum Gasteiger partial charge on any atom is 0.411 e. The Morgan fingerprint density at radius 2 is 1.89 bits per heavy atom. The minimum Gasteiger partial charge on any atom is -0.444 e. The van der Waals surface area contributed by atoms with Gasteiger partial charge in [0.1, 0.15) is 17.3 Å². The fourth-order valence-electron chi connectivity index (χ4n) is 5.56. The fraction of sp³-hybridized carbons (Fsp3) is 0.500. The van der Waals surface area contributed by atoms with Crippen molar-refractivity contribution in [2.75, 3.05) is 38.0 Å². The van der Waals surface area contributed by atoms with Crippen molar-refractivity contribution in [1.29, 1.82) is 0 Å². The molecule has 0 spiro atoms. The number of hydrogen-bond acceptors (Lipinski definition) is 5. The second-order valence-corrected chi connectivity index (χ2v) is 11.7. The number of halogens is 1. The highest BCUT2D eigenvalue weighted by Crippen LogP contribution is 2.37. The van der Waals surface area contributed by atoms with Gasteiger partial charge in [-0.3, -0.25) is 19.9 Å². The number of nitrogens with one attached hydrogen (secondary N) is 1. The van der Waals surface area contributed by atoms with Gasteiger partial charge < -0.3 is 14.5 Å². The standard InChI is InChI=1S/C34H42FN5O4/c1-5-36-17-6-7-25(3)37-22-27-9-11-28(12-10-27)34(35)15-19-39(20-16-34)32(42)31-21-29(13-8-24(31)2)38-33(43)44-30-14-18-40(23-30)26(4)41/h5,8-13,21,25,30H,6-7,14-20,23H2,1-4H3/p+1. The number of amides is 3. The van der Waals surface area contributed by atoms with Gasteiger partial charge in [0.2, 0.25) is 5.91 Å². The molecule has 2 aliphatic heterocycles. The Labute approximate surface area is 259 Å². The van der Waals surface area contributed by atoms with Crippen LogP contribution in [0, 0.1) is 13.0 Å². The van der Waals surface area contributed by atoms with Crippen molar-refractivity contribution < 1.29 is 23.5 Å². The van der Waals surface area contributed by atoms with Crippen LogP contribution in [-0.4, -0.2) is 78.8 Å². The number of carbonyl (C=O) groups is 3. The zero-order valence-corrected chi connectivity index (χ0v) is 26.1. The summed E-state index contributed by atoms with van der Waals surface area (Å²) >= 11 is 0. The molecular weight excluding hydrogens is 561 g/mol. The van der Waals surface area contributed by atoms with Crippen LogP contribution in [0.15, 0.2) is 47.5 Å². The third kappa shape index (κ3) is 8.65. The summed E-state index contributed by atoms with van der Waals surface area (Å²) < 4.78 is 21.5. The molecule has 1 N–H and O–H groups in total. The topological polar surface area (TPSA) is 95.7 Å². The Morgan fingerprint density at radius 3 is 2.55 bits per heavy atom. The van der Waals surface area contributed by atoms with Crippen molar-refractivity contribution in [1.82, 2.24) is 9.80 Å². The lowest BCUT2D eigenvalue weighted by Gasteiger charge is -2.37. The number of likely N-dealkylation sites (tertiary alicyclic amines) is 2. The SMILES string of the molecule is CC=NCCCC(C)[N+]#Cc1ccc(C2(F)CCN(C(=O)c3cc(NC(=O)OC4CCN(C(C)=O)C4)ccc3C)CC2)cc1. The Kier molecular flexibility index (Phi) is 11.1. The van der Waals surface area contributed by atoms with Crippen LogP contribution in [0.25, 0.3) is 4.85 Å². The van der Waals surface area contributed by atoms with Gasteiger partial charge >= 0.3 is 12.2 Å². The maximum atomic E-state index is 16.0. The molecule has 2 heterocycles. The van der Waals surface area contributed by atoms with E-state index >= 15 is 4.39 Å². The number of carbonyl (C=O) groups excluding carboxylic acids is 3. The summed E-state index contributed by atoms with van der Waals surface area (Å²) in [5.41, 5.74) is 1.51. The molecule has 10 heteroatoms. The number of anilines is 1. The fourth-order valence-corrected chi connectivity index (χ4v) is 5.56. The predicted molar refractivity (Wildman–Crippen MR) is 170 cm³/mol. The second kappa shape index (κ2) is 15.0. The highest BCUT2D eigenvalue weighted by atomic mass is 19.1. The van der Waals surface area contributed by atoms with E-state index in [1.807, 2.05) is 39.1 Å². The molecule has 2 saturated heterocycles. The second-order valence-electron chi connectivity index (χ2n) is 11.7. The molecule has 234 valence electrons. The Balaban J connectivity index is 1.31. The van der Waals surface area contributed by atoms with Crippen LogP contribution in [0.5, 0.6) is 0 Å². The first-order valence-corrected chi connectivity index (χ1v) is 15.4. The molecule has 4 rings (SSSR count). The summed E-state index contributed by atoms with van der Waals surface area (Å²) in [6.45, 7) is 9.56. The van der Waals surface area contributed by atoms with Crippen LogP contribution in [0.4, 0.5) is 14.9 Å². The number of hydrogen-bond donors (Lipinski definition) is 1. The minimum atomic E-state index is -1.53. The van der Waals surface area contributed by atoms with Crippen LogP contribution < -0.4 is 5.32 Å². The van der Waals surface area contributed by atoms with Gasteiger partial charge in [0, 0.05) is 77.0 Å². The van der Waals surface area contributed by atoms with Gasteiger partial charge in [-0.2, -0.15) is 0 Å². The van der Waals surface area contributed by atoms with E-state index < -0.39 is 11.8 Å². The van der Waals surface area contributed by atoms with Gasteiger partial charge in [0.25, 0.3) is 11.9 Å². The smallest absolute Gasteiger partial charge is 0.411 e. The van der Waals surface area contributed by atoms with E-state index in [1.165, 1.54) is 6.92 Å². The number of benzene rings is 2. The minimum absolute atomic E-state index is 0.0481. The van der Waals surface area contributed by atoms with Crippen LogP contribution in [-0.2, 0) is 15.2 Å². The van der Waals surface area contributed by atoms with E-state index in [0.29, 0.717) is 36.3 Å². The molecule has 3 amide bonds. The van der Waals surface area contributed by atoms with Gasteiger partial charge in [0.15, 0.2) is 0 Å². The van der Waals surface area contributed by atoms with Gasteiger partial charge in [0.05, 0.1) is 6.54 Å². The molecule has 2 aromatic rings. The molecule has 2 unspecified atom stereocenters. The summed E-state index contributed by atoms with van der Waals surface area (Å²) in [5, 5.41) is 2.69. The van der Waals surface area contributed by atoms with Crippen LogP contribution in [0.2, 0.25) is 0 Å². The van der Waals surface area contributed by atoms with E-state index in [9.17, 15) is 14.4 Å². The summed E-state index contributed by atoms with van der Waals surface area (Å²) in [5.74, 6) is -0.251. The van der Waals surface area contributed by atoms with E-state index in [2.05, 4.69) is 21.2 Å². The number of alkyl halides is 1. The van der Waals surface area contributed by atoms with Crippen LogP contribution >= 0.6 is 0 Å². The molecular formula is C34H43FN5O4+. The highest BCUT2D eigenvalue weighted by Gasteiger charge is 2.38. The quantitative estimate of drug-likeness (QED) is 0.287. The highest BCUT2D eigenvalue weighted by molar-refractivity contribution is 5.97. The van der Waals surface area contributed by atoms with E-state index in [0.717, 1.165) is 30.5 Å². The largest absolute Gasteiger partial charge is 0.444 e. The number of rotatable bonds is 8. The number of ether oxygens (including phenoxy) is 1. The summed E-state index contributed by atoms with van der Waals surface area (Å²) in [6.07, 6.45) is 3.67. The van der Waals surface area contributed by atoms with Gasteiger partial charge in [-0.05, 0) is 61.9 Å². The van der Waals surface area contributed by atoms with Gasteiger partial charge in [-0.25, -0.2) is 9.18 Å². The molecule has 2 aliphatic rings. The lowest BCUT2D eigenvalue weighted by atomic mass is 9.85. The number of nitrogens with zero attached hydrogens (tertiary/aromatic N) is 4. The van der Waals surface area contributed by atoms with Crippen LogP contribution in [0.3, 0.4) is 0 Å². The molecule has 2 aromatic carbocycles. The van der Waals surface area contributed by atoms with Crippen molar-refractivity contribution in [3.63, 3.8) is 0 Å². The van der Waals surface area contributed by atoms with E-state index in [-0.39, 0.29) is 49.9 Å². The Bertz CT molecular complexity index is 1420. The normalized spacial score (nSPS) is 18.4. The van der Waals surface area contributed by atoms with Crippen molar-refractivity contribution in [3.8, 4) is 6.07 Å². The molecule has 44 heavy (non-hydrogen) atoms. The summed E-state index contributed by atoms with van der Waals surface area (Å²) in [4.78, 5) is 49.5. The Morgan fingerprint density at radius 1 is 1.16 bits per heavy atom. The van der Waals surface area contributed by atoms with E-state index in [1.54, 1.807) is 40.1 Å². The summed E-state index contributed by atoms with van der Waals surface area (Å²) in [7, 11) is 0. The molecule has 9 nitrogen and oxygen atoms in total. The lowest BCUT2D eigenvalue weighted by molar-refractivity contribution is -0.128. The number of piperidine rings is 1. The van der Waals surface area contributed by atoms with Crippen LogP contribution in [0.1, 0.15) is 79.9 Å². The lowest BCUT2D eigenvalue weighted by Crippen LogP contribution is -2.43. The molecule has 0 saturated carbocycles. The first kappa shape index (κ1) is 32.6. The Hall–Kier alpha value is -4.26. The third-order valence-corrected chi connectivity index (χ3v) is 8.33. The predicted octanol–water partition coefficient (Wildman–Crippen LogP) is 6.21. The molecule has 0 aliphatic carbocycles. The first-order valence-electron chi connectivity index (χ1n) is 15.4. The maximum absolute atomic E-state index is 16.0. The molecule has 0 bridgehead atoms. The van der Waals surface area contributed by atoms with Crippen molar-refractivity contribution >= 4 is 29.8 Å². The zero-order valence-electron chi connectivity index (χ0n) is 26.1. The first-order chi connectivity index (χ1) is 21.1. The molecule has 2 atom stereocenters. The van der Waals surface area contributed by atoms with E-state index in [4.69, 9.17) is 4.74 Å². The average Bonchev–Trinajstić information content (AvgIpc) is 3.48. The molecule has 0 radical (unpaired) electrons. The number of aliphatic imine (C=N–C) groups is 1. The van der Waals surface area contributed by atoms with Gasteiger partial charge in [-0.1, -0.05) is 23.0 Å².